The van der Waals surface area contributed by atoms with Crippen molar-refractivity contribution in [2.24, 2.45) is 0 Å². The average molecular weight is 264 g/mol. The number of ether oxygens (including phenoxy) is 1. The molecule has 0 aliphatic rings. The number of halogens is 4. The van der Waals surface area contributed by atoms with Gasteiger partial charge in [0.25, 0.3) is 0 Å². The minimum atomic E-state index is -4.76. The molecule has 2 aromatic rings. The van der Waals surface area contributed by atoms with E-state index in [4.69, 9.17) is 11.6 Å². The molecule has 0 saturated heterocycles. The Labute approximate surface area is 98.7 Å². The highest BCUT2D eigenvalue weighted by Gasteiger charge is 2.31. The van der Waals surface area contributed by atoms with Gasteiger partial charge in [-0.15, -0.1) is 13.2 Å². The third-order valence-corrected chi connectivity index (χ3v) is 2.06. The van der Waals surface area contributed by atoms with Crippen molar-refractivity contribution in [1.82, 2.24) is 5.16 Å². The predicted molar refractivity (Wildman–Crippen MR) is 53.6 cm³/mol. The third kappa shape index (κ3) is 3.13. The van der Waals surface area contributed by atoms with Crippen molar-refractivity contribution < 1.29 is 22.4 Å². The molecule has 1 aromatic heterocycles. The molecule has 0 bridgehead atoms. The molecule has 0 aliphatic carbocycles. The lowest BCUT2D eigenvalue weighted by molar-refractivity contribution is -0.274. The SMILES string of the molecule is FC(F)(F)Oc1cc(Cl)cc(-c2ccon2)c1. The molecule has 0 spiro atoms. The summed E-state index contributed by atoms with van der Waals surface area (Å²) in [5.41, 5.74) is 0.755. The first-order valence-corrected chi connectivity index (χ1v) is 4.79. The fourth-order valence-corrected chi connectivity index (χ4v) is 1.49. The van der Waals surface area contributed by atoms with Crippen LogP contribution in [0, 0.1) is 0 Å². The summed E-state index contributed by atoms with van der Waals surface area (Å²) in [6.45, 7) is 0. The summed E-state index contributed by atoms with van der Waals surface area (Å²) in [7, 11) is 0. The minimum absolute atomic E-state index is 0.116. The molecule has 3 nitrogen and oxygen atoms in total. The van der Waals surface area contributed by atoms with Gasteiger partial charge in [0, 0.05) is 16.7 Å². The van der Waals surface area contributed by atoms with Gasteiger partial charge < -0.3 is 9.26 Å². The Kier molecular flexibility index (Phi) is 2.97. The van der Waals surface area contributed by atoms with Crippen LogP contribution in [0.25, 0.3) is 11.3 Å². The molecular formula is C10H5ClF3NO2. The van der Waals surface area contributed by atoms with Crippen LogP contribution in [0.5, 0.6) is 5.75 Å². The van der Waals surface area contributed by atoms with Gasteiger partial charge in [-0.3, -0.25) is 0 Å². The van der Waals surface area contributed by atoms with Crippen molar-refractivity contribution in [3.8, 4) is 17.0 Å². The lowest BCUT2D eigenvalue weighted by Crippen LogP contribution is -2.17. The first-order valence-electron chi connectivity index (χ1n) is 4.41. The van der Waals surface area contributed by atoms with Gasteiger partial charge in [0.15, 0.2) is 0 Å². The smallest absolute Gasteiger partial charge is 0.406 e. The van der Waals surface area contributed by atoms with E-state index in [1.807, 2.05) is 0 Å². The lowest BCUT2D eigenvalue weighted by atomic mass is 10.1. The maximum Gasteiger partial charge on any atom is 0.573 e. The van der Waals surface area contributed by atoms with E-state index in [0.717, 1.165) is 6.07 Å². The standard InChI is InChI=1S/C10H5ClF3NO2/c11-7-3-6(9-1-2-16-15-9)4-8(5-7)17-10(12,13)14/h1-5H. The molecule has 0 saturated carbocycles. The van der Waals surface area contributed by atoms with Crippen molar-refractivity contribution in [1.29, 1.82) is 0 Å². The van der Waals surface area contributed by atoms with Crippen molar-refractivity contribution in [3.05, 3.63) is 35.6 Å². The first-order chi connectivity index (χ1) is 7.94. The largest absolute Gasteiger partial charge is 0.573 e. The van der Waals surface area contributed by atoms with Gasteiger partial charge >= 0.3 is 6.36 Å². The monoisotopic (exact) mass is 263 g/mol. The maximum atomic E-state index is 12.0. The second-order valence-corrected chi connectivity index (χ2v) is 3.54. The average Bonchev–Trinajstić information content (AvgIpc) is 2.65. The van der Waals surface area contributed by atoms with Gasteiger partial charge in [0.1, 0.15) is 17.7 Å². The molecule has 90 valence electrons. The molecule has 7 heteroatoms. The summed E-state index contributed by atoms with van der Waals surface area (Å²) in [4.78, 5) is 0. The van der Waals surface area contributed by atoms with Crippen LogP contribution >= 0.6 is 11.6 Å². The highest BCUT2D eigenvalue weighted by atomic mass is 35.5. The number of aromatic nitrogens is 1. The van der Waals surface area contributed by atoms with Crippen LogP contribution in [0.3, 0.4) is 0 Å². The van der Waals surface area contributed by atoms with Crippen LogP contribution < -0.4 is 4.74 Å². The quantitative estimate of drug-likeness (QED) is 0.824. The normalized spacial score (nSPS) is 11.5. The Morgan fingerprint density at radius 1 is 1.24 bits per heavy atom. The van der Waals surface area contributed by atoms with Crippen LogP contribution in [0.15, 0.2) is 35.1 Å². The highest BCUT2D eigenvalue weighted by molar-refractivity contribution is 6.31. The Morgan fingerprint density at radius 2 is 2.00 bits per heavy atom. The topological polar surface area (TPSA) is 35.3 Å². The van der Waals surface area contributed by atoms with E-state index in [9.17, 15) is 13.2 Å². The highest BCUT2D eigenvalue weighted by Crippen LogP contribution is 2.30. The minimum Gasteiger partial charge on any atom is -0.406 e. The van der Waals surface area contributed by atoms with E-state index >= 15 is 0 Å². The van der Waals surface area contributed by atoms with Gasteiger partial charge in [-0.25, -0.2) is 0 Å². The summed E-state index contributed by atoms with van der Waals surface area (Å²) in [6.07, 6.45) is -3.45. The first kappa shape index (κ1) is 11.8. The number of alkyl halides is 3. The second kappa shape index (κ2) is 4.29. The molecule has 0 N–H and O–H groups in total. The molecule has 2 rings (SSSR count). The molecule has 0 atom stereocenters. The van der Waals surface area contributed by atoms with E-state index in [0.29, 0.717) is 11.3 Å². The molecular weight excluding hydrogens is 259 g/mol. The van der Waals surface area contributed by atoms with Crippen molar-refractivity contribution in [2.45, 2.75) is 6.36 Å². The molecule has 0 radical (unpaired) electrons. The van der Waals surface area contributed by atoms with E-state index in [2.05, 4.69) is 14.4 Å². The van der Waals surface area contributed by atoms with Crippen molar-refractivity contribution in [3.63, 3.8) is 0 Å². The zero-order valence-corrected chi connectivity index (χ0v) is 8.92. The molecule has 0 unspecified atom stereocenters. The molecule has 0 amide bonds. The fourth-order valence-electron chi connectivity index (χ4n) is 1.26. The Bertz CT molecular complexity index is 511. The van der Waals surface area contributed by atoms with Gasteiger partial charge in [0.2, 0.25) is 0 Å². The van der Waals surface area contributed by atoms with Gasteiger partial charge in [-0.1, -0.05) is 16.8 Å². The van der Waals surface area contributed by atoms with Crippen molar-refractivity contribution >= 4 is 11.6 Å². The summed E-state index contributed by atoms with van der Waals surface area (Å²) in [5, 5.41) is 3.71. The Balaban J connectivity index is 2.36. The molecule has 0 aliphatic heterocycles. The zero-order valence-electron chi connectivity index (χ0n) is 8.16. The van der Waals surface area contributed by atoms with Gasteiger partial charge in [0.05, 0.1) is 0 Å². The van der Waals surface area contributed by atoms with Gasteiger partial charge in [-0.05, 0) is 18.2 Å². The maximum absolute atomic E-state index is 12.0. The van der Waals surface area contributed by atoms with Gasteiger partial charge in [-0.2, -0.15) is 0 Å². The van der Waals surface area contributed by atoms with Crippen LogP contribution in [0.1, 0.15) is 0 Å². The summed E-state index contributed by atoms with van der Waals surface area (Å²) < 4.78 is 44.5. The number of benzene rings is 1. The summed E-state index contributed by atoms with van der Waals surface area (Å²) in [6, 6.07) is 5.21. The fraction of sp³-hybridized carbons (Fsp3) is 0.100. The van der Waals surface area contributed by atoms with Crippen molar-refractivity contribution in [2.75, 3.05) is 0 Å². The summed E-state index contributed by atoms with van der Waals surface area (Å²) in [5.74, 6) is -0.400. The van der Waals surface area contributed by atoms with E-state index in [-0.39, 0.29) is 5.02 Å². The number of nitrogens with zero attached hydrogens (tertiary/aromatic N) is 1. The molecule has 1 aromatic carbocycles. The predicted octanol–water partition coefficient (Wildman–Crippen LogP) is 3.89. The second-order valence-electron chi connectivity index (χ2n) is 3.11. The summed E-state index contributed by atoms with van der Waals surface area (Å²) >= 11 is 5.69. The van der Waals surface area contributed by atoms with E-state index < -0.39 is 12.1 Å². The van der Waals surface area contributed by atoms with E-state index in [1.54, 1.807) is 0 Å². The van der Waals surface area contributed by atoms with Crippen LogP contribution in [-0.4, -0.2) is 11.5 Å². The molecule has 1 heterocycles. The van der Waals surface area contributed by atoms with Crippen LogP contribution in [0.2, 0.25) is 5.02 Å². The molecule has 0 fully saturated rings. The Morgan fingerprint density at radius 3 is 2.59 bits per heavy atom. The van der Waals surface area contributed by atoms with Crippen LogP contribution in [0.4, 0.5) is 13.2 Å². The number of hydrogen-bond donors (Lipinski definition) is 0. The number of rotatable bonds is 2. The lowest BCUT2D eigenvalue weighted by Gasteiger charge is -2.09. The molecule has 17 heavy (non-hydrogen) atoms. The van der Waals surface area contributed by atoms with Crippen LogP contribution in [-0.2, 0) is 0 Å². The third-order valence-electron chi connectivity index (χ3n) is 1.84. The Hall–Kier alpha value is -1.69. The number of hydrogen-bond acceptors (Lipinski definition) is 3. The van der Waals surface area contributed by atoms with E-state index in [1.165, 1.54) is 24.5 Å². The zero-order chi connectivity index (χ0) is 12.5.